The average Bonchev–Trinajstić information content (AvgIpc) is 2.30. The predicted octanol–water partition coefficient (Wildman–Crippen LogP) is 0.617. The lowest BCUT2D eigenvalue weighted by Crippen LogP contribution is -2.44. The van der Waals surface area contributed by atoms with Gasteiger partial charge in [-0.2, -0.15) is 0 Å². The van der Waals surface area contributed by atoms with Crippen molar-refractivity contribution in [3.63, 3.8) is 0 Å². The Morgan fingerprint density at radius 3 is 2.50 bits per heavy atom. The van der Waals surface area contributed by atoms with Crippen molar-refractivity contribution >= 4 is 24.0 Å². The molecule has 1 heterocycles. The average molecular weight is 242 g/mol. The van der Waals surface area contributed by atoms with E-state index in [1.807, 2.05) is 18.2 Å². The third kappa shape index (κ3) is 2.65. The third-order valence-electron chi connectivity index (χ3n) is 2.63. The molecule has 0 spiro atoms. The highest BCUT2D eigenvalue weighted by Gasteiger charge is 2.15. The monoisotopic (exact) mass is 241 g/mol. The number of nitrogens with one attached hydrogen (secondary N) is 1. The Labute approximate surface area is 101 Å². The summed E-state index contributed by atoms with van der Waals surface area (Å²) in [6, 6.07) is 7.50. The molecule has 1 amide bonds. The summed E-state index contributed by atoms with van der Waals surface area (Å²) < 4.78 is 0. The third-order valence-corrected chi connectivity index (χ3v) is 2.63. The van der Waals surface area contributed by atoms with E-state index in [0.717, 1.165) is 31.9 Å². The van der Waals surface area contributed by atoms with Gasteiger partial charge in [0.25, 0.3) is 5.91 Å². The molecule has 1 aromatic carbocycles. The number of halogens is 1. The van der Waals surface area contributed by atoms with Crippen LogP contribution in [-0.4, -0.2) is 32.1 Å². The summed E-state index contributed by atoms with van der Waals surface area (Å²) in [5.41, 5.74) is 6.90. The number of nitrogens with zero attached hydrogens (tertiary/aromatic N) is 1. The van der Waals surface area contributed by atoms with E-state index >= 15 is 0 Å². The van der Waals surface area contributed by atoms with Gasteiger partial charge in [-0.05, 0) is 12.1 Å². The van der Waals surface area contributed by atoms with Gasteiger partial charge in [0.15, 0.2) is 0 Å². The maximum absolute atomic E-state index is 11.2. The molecular weight excluding hydrogens is 226 g/mol. The van der Waals surface area contributed by atoms with Gasteiger partial charge in [-0.1, -0.05) is 12.1 Å². The number of para-hydroxylation sites is 1. The van der Waals surface area contributed by atoms with E-state index in [0.29, 0.717) is 5.56 Å². The normalized spacial score (nSPS) is 15.4. The zero-order chi connectivity index (χ0) is 10.7. The van der Waals surface area contributed by atoms with Crippen LogP contribution in [0.2, 0.25) is 0 Å². The second-order valence-electron chi connectivity index (χ2n) is 3.62. The van der Waals surface area contributed by atoms with Gasteiger partial charge >= 0.3 is 0 Å². The summed E-state index contributed by atoms with van der Waals surface area (Å²) in [6.45, 7) is 3.74. The summed E-state index contributed by atoms with van der Waals surface area (Å²) in [4.78, 5) is 13.4. The van der Waals surface area contributed by atoms with Crippen molar-refractivity contribution in [1.82, 2.24) is 5.32 Å². The van der Waals surface area contributed by atoms with Crippen LogP contribution in [0.25, 0.3) is 0 Å². The SMILES string of the molecule is Cl.NC(=O)c1ccccc1N1CCNCC1. The number of hydrogen-bond acceptors (Lipinski definition) is 3. The highest BCUT2D eigenvalue weighted by molar-refractivity contribution is 5.98. The van der Waals surface area contributed by atoms with Gasteiger partial charge in [0.1, 0.15) is 0 Å². The minimum Gasteiger partial charge on any atom is -0.368 e. The highest BCUT2D eigenvalue weighted by Crippen LogP contribution is 2.19. The largest absolute Gasteiger partial charge is 0.368 e. The van der Waals surface area contributed by atoms with Crippen molar-refractivity contribution in [1.29, 1.82) is 0 Å². The number of primary amides is 1. The van der Waals surface area contributed by atoms with Gasteiger partial charge in [0.05, 0.1) is 5.56 Å². The van der Waals surface area contributed by atoms with E-state index in [1.165, 1.54) is 0 Å². The van der Waals surface area contributed by atoms with Crippen LogP contribution in [0.15, 0.2) is 24.3 Å². The van der Waals surface area contributed by atoms with E-state index in [-0.39, 0.29) is 18.3 Å². The molecule has 1 saturated heterocycles. The zero-order valence-electron chi connectivity index (χ0n) is 8.98. The number of piperazine rings is 1. The molecule has 1 aliphatic rings. The van der Waals surface area contributed by atoms with Gasteiger partial charge in [0.2, 0.25) is 0 Å². The van der Waals surface area contributed by atoms with Crippen LogP contribution in [0.4, 0.5) is 5.69 Å². The minimum absolute atomic E-state index is 0. The van der Waals surface area contributed by atoms with Crippen LogP contribution in [0.3, 0.4) is 0 Å². The molecule has 4 nitrogen and oxygen atoms in total. The highest BCUT2D eigenvalue weighted by atomic mass is 35.5. The van der Waals surface area contributed by atoms with Crippen LogP contribution in [0.5, 0.6) is 0 Å². The molecule has 2 rings (SSSR count). The smallest absolute Gasteiger partial charge is 0.250 e. The molecular formula is C11H16ClN3O. The summed E-state index contributed by atoms with van der Waals surface area (Å²) in [5.74, 6) is -0.357. The molecule has 1 aromatic rings. The Hall–Kier alpha value is -1.26. The van der Waals surface area contributed by atoms with Gasteiger partial charge in [-0.25, -0.2) is 0 Å². The predicted molar refractivity (Wildman–Crippen MR) is 67.3 cm³/mol. The molecule has 0 radical (unpaired) electrons. The Bertz CT molecular complexity index is 364. The number of amides is 1. The van der Waals surface area contributed by atoms with Crippen LogP contribution in [-0.2, 0) is 0 Å². The molecule has 5 heteroatoms. The Balaban J connectivity index is 0.00000128. The lowest BCUT2D eigenvalue weighted by Gasteiger charge is -2.30. The standard InChI is InChI=1S/C11H15N3O.ClH/c12-11(15)9-3-1-2-4-10(9)14-7-5-13-6-8-14;/h1-4,13H,5-8H2,(H2,12,15);1H. The molecule has 0 unspecified atom stereocenters. The molecule has 0 saturated carbocycles. The van der Waals surface area contributed by atoms with Crippen molar-refractivity contribution in [2.24, 2.45) is 5.73 Å². The first-order valence-electron chi connectivity index (χ1n) is 5.13. The van der Waals surface area contributed by atoms with E-state index in [2.05, 4.69) is 10.2 Å². The van der Waals surface area contributed by atoms with E-state index in [9.17, 15) is 4.79 Å². The molecule has 0 bridgehead atoms. The van der Waals surface area contributed by atoms with E-state index in [1.54, 1.807) is 6.07 Å². The van der Waals surface area contributed by atoms with E-state index < -0.39 is 0 Å². The maximum atomic E-state index is 11.2. The van der Waals surface area contributed by atoms with E-state index in [4.69, 9.17) is 5.73 Å². The number of hydrogen-bond donors (Lipinski definition) is 2. The molecule has 0 atom stereocenters. The van der Waals surface area contributed by atoms with Crippen molar-refractivity contribution in [3.05, 3.63) is 29.8 Å². The summed E-state index contributed by atoms with van der Waals surface area (Å²) in [5, 5.41) is 3.28. The molecule has 0 aliphatic carbocycles. The second-order valence-corrected chi connectivity index (χ2v) is 3.62. The summed E-state index contributed by atoms with van der Waals surface area (Å²) >= 11 is 0. The van der Waals surface area contributed by atoms with Crippen molar-refractivity contribution in [2.45, 2.75) is 0 Å². The second kappa shape index (κ2) is 5.72. The topological polar surface area (TPSA) is 58.4 Å². The van der Waals surface area contributed by atoms with Gasteiger partial charge in [-0.15, -0.1) is 12.4 Å². The molecule has 16 heavy (non-hydrogen) atoms. The molecule has 3 N–H and O–H groups in total. The number of carbonyl (C=O) groups is 1. The number of benzene rings is 1. The Morgan fingerprint density at radius 2 is 1.88 bits per heavy atom. The fraction of sp³-hybridized carbons (Fsp3) is 0.364. The quantitative estimate of drug-likeness (QED) is 0.798. The molecule has 0 aromatic heterocycles. The van der Waals surface area contributed by atoms with Gasteiger partial charge < -0.3 is 16.0 Å². The Morgan fingerprint density at radius 1 is 1.25 bits per heavy atom. The number of nitrogens with two attached hydrogens (primary N) is 1. The van der Waals surface area contributed by atoms with Crippen molar-refractivity contribution in [2.75, 3.05) is 31.1 Å². The first-order valence-corrected chi connectivity index (χ1v) is 5.13. The van der Waals surface area contributed by atoms with Crippen molar-refractivity contribution < 1.29 is 4.79 Å². The van der Waals surface area contributed by atoms with Crippen LogP contribution >= 0.6 is 12.4 Å². The Kier molecular flexibility index (Phi) is 4.58. The van der Waals surface area contributed by atoms with Crippen LogP contribution in [0, 0.1) is 0 Å². The summed E-state index contributed by atoms with van der Waals surface area (Å²) in [6.07, 6.45) is 0. The van der Waals surface area contributed by atoms with Gasteiger partial charge in [0, 0.05) is 31.9 Å². The first-order chi connectivity index (χ1) is 7.29. The first kappa shape index (κ1) is 12.8. The fourth-order valence-corrected chi connectivity index (χ4v) is 1.86. The number of rotatable bonds is 2. The van der Waals surface area contributed by atoms with Gasteiger partial charge in [-0.3, -0.25) is 4.79 Å². The number of anilines is 1. The summed E-state index contributed by atoms with van der Waals surface area (Å²) in [7, 11) is 0. The number of carbonyl (C=O) groups excluding carboxylic acids is 1. The van der Waals surface area contributed by atoms with Crippen LogP contribution < -0.4 is 16.0 Å². The molecule has 88 valence electrons. The minimum atomic E-state index is -0.357. The lowest BCUT2D eigenvalue weighted by molar-refractivity contribution is 0.100. The molecule has 1 fully saturated rings. The maximum Gasteiger partial charge on any atom is 0.250 e. The van der Waals surface area contributed by atoms with Crippen LogP contribution in [0.1, 0.15) is 10.4 Å². The fourth-order valence-electron chi connectivity index (χ4n) is 1.86. The van der Waals surface area contributed by atoms with Crippen molar-refractivity contribution in [3.8, 4) is 0 Å². The lowest BCUT2D eigenvalue weighted by atomic mass is 10.1. The zero-order valence-corrected chi connectivity index (χ0v) is 9.80. The molecule has 1 aliphatic heterocycles.